The third kappa shape index (κ3) is 1.62. The summed E-state index contributed by atoms with van der Waals surface area (Å²) in [7, 11) is -4.34. The molecule has 0 N–H and O–H groups in total. The second kappa shape index (κ2) is 3.08. The van der Waals surface area contributed by atoms with Gasteiger partial charge in [-0.1, -0.05) is 34.9 Å². The van der Waals surface area contributed by atoms with E-state index in [4.69, 9.17) is 0 Å². The topological polar surface area (TPSA) is 54.0 Å². The van der Waals surface area contributed by atoms with E-state index in [2.05, 4.69) is 0 Å². The van der Waals surface area contributed by atoms with Crippen LogP contribution in [0.5, 0.6) is 0 Å². The zero-order valence-corrected chi connectivity index (χ0v) is 7.99. The fourth-order valence-electron chi connectivity index (χ4n) is 1.32. The van der Waals surface area contributed by atoms with Crippen LogP contribution < -0.4 is 0 Å². The van der Waals surface area contributed by atoms with E-state index in [9.17, 15) is 13.0 Å². The maximum atomic E-state index is 10.7. The third-order valence-corrected chi connectivity index (χ3v) is 2.84. The SMILES string of the molecule is [O]S(=O)(=O)c1ccc2ccccc2c1. The molecule has 0 aromatic heterocycles. The van der Waals surface area contributed by atoms with Crippen molar-refractivity contribution in [3.05, 3.63) is 42.5 Å². The zero-order valence-electron chi connectivity index (χ0n) is 7.17. The summed E-state index contributed by atoms with van der Waals surface area (Å²) in [5.41, 5.74) is 0. The van der Waals surface area contributed by atoms with Gasteiger partial charge in [-0.25, -0.2) is 0 Å². The Morgan fingerprint density at radius 3 is 2.14 bits per heavy atom. The highest BCUT2D eigenvalue weighted by molar-refractivity contribution is 7.85. The van der Waals surface area contributed by atoms with Crippen molar-refractivity contribution < 1.29 is 13.0 Å². The first kappa shape index (κ1) is 9.18. The molecule has 0 amide bonds. The quantitative estimate of drug-likeness (QED) is 0.717. The molecule has 2 aromatic rings. The Bertz CT molecular complexity index is 573. The molecule has 0 unspecified atom stereocenters. The predicted molar refractivity (Wildman–Crippen MR) is 51.8 cm³/mol. The first-order valence-electron chi connectivity index (χ1n) is 4.02. The van der Waals surface area contributed by atoms with Gasteiger partial charge in [0.1, 0.15) is 0 Å². The second-order valence-electron chi connectivity index (χ2n) is 2.96. The lowest BCUT2D eigenvalue weighted by Gasteiger charge is -1.98. The number of hydrogen-bond donors (Lipinski definition) is 0. The van der Waals surface area contributed by atoms with Crippen LogP contribution in [0.2, 0.25) is 0 Å². The number of benzene rings is 2. The number of rotatable bonds is 1. The maximum Gasteiger partial charge on any atom is 0.324 e. The molecule has 0 heterocycles. The third-order valence-electron chi connectivity index (χ3n) is 2.01. The van der Waals surface area contributed by atoms with Crippen molar-refractivity contribution >= 4 is 20.9 Å². The average molecular weight is 207 g/mol. The van der Waals surface area contributed by atoms with E-state index in [1.165, 1.54) is 12.1 Å². The molecule has 0 spiro atoms. The second-order valence-corrected chi connectivity index (χ2v) is 4.34. The molecule has 2 rings (SSSR count). The highest BCUT2D eigenvalue weighted by Gasteiger charge is 2.10. The molecule has 0 fully saturated rings. The fraction of sp³-hybridized carbons (Fsp3) is 0. The van der Waals surface area contributed by atoms with Crippen molar-refractivity contribution in [1.82, 2.24) is 0 Å². The molecule has 71 valence electrons. The molecule has 4 heteroatoms. The Morgan fingerprint density at radius 2 is 1.50 bits per heavy atom. The van der Waals surface area contributed by atoms with Gasteiger partial charge >= 0.3 is 10.1 Å². The largest absolute Gasteiger partial charge is 0.324 e. The molecular formula is C10H7O3S. The Labute approximate surface area is 81.7 Å². The minimum Gasteiger partial charge on any atom is -0.192 e. The standard InChI is InChI=1S/C10H7O3S/c11-14(12,13)10-6-5-8-3-1-2-4-9(8)7-10/h1-7H. The minimum absolute atomic E-state index is 0.184. The molecule has 3 nitrogen and oxygen atoms in total. The monoisotopic (exact) mass is 207 g/mol. The summed E-state index contributed by atoms with van der Waals surface area (Å²) in [5, 5.41) is 1.67. The van der Waals surface area contributed by atoms with Gasteiger partial charge < -0.3 is 0 Å². The van der Waals surface area contributed by atoms with Crippen LogP contribution in [0.15, 0.2) is 47.4 Å². The van der Waals surface area contributed by atoms with Crippen molar-refractivity contribution in [2.75, 3.05) is 0 Å². The van der Waals surface area contributed by atoms with Crippen molar-refractivity contribution in [1.29, 1.82) is 0 Å². The number of fused-ring (bicyclic) bond motifs is 1. The van der Waals surface area contributed by atoms with Gasteiger partial charge in [-0.3, -0.25) is 0 Å². The number of hydrogen-bond acceptors (Lipinski definition) is 2. The first-order valence-corrected chi connectivity index (χ1v) is 5.43. The molecule has 0 aliphatic carbocycles. The molecule has 0 saturated carbocycles. The molecular weight excluding hydrogens is 200 g/mol. The van der Waals surface area contributed by atoms with E-state index in [0.717, 1.165) is 10.8 Å². The minimum atomic E-state index is -4.34. The Kier molecular flexibility index (Phi) is 2.02. The summed E-state index contributed by atoms with van der Waals surface area (Å²) in [5.74, 6) is 0. The highest BCUT2D eigenvalue weighted by Crippen LogP contribution is 2.18. The lowest BCUT2D eigenvalue weighted by Crippen LogP contribution is -1.95. The van der Waals surface area contributed by atoms with Gasteiger partial charge in [-0.05, 0) is 22.9 Å². The smallest absolute Gasteiger partial charge is 0.192 e. The van der Waals surface area contributed by atoms with E-state index < -0.39 is 10.1 Å². The molecule has 1 radical (unpaired) electrons. The van der Waals surface area contributed by atoms with Crippen LogP contribution in [0.1, 0.15) is 0 Å². The molecule has 2 aromatic carbocycles. The lowest BCUT2D eigenvalue weighted by molar-refractivity contribution is 0.414. The van der Waals surface area contributed by atoms with Crippen LogP contribution in [0, 0.1) is 0 Å². The van der Waals surface area contributed by atoms with E-state index in [1.54, 1.807) is 18.2 Å². The van der Waals surface area contributed by atoms with Gasteiger partial charge in [0, 0.05) is 0 Å². The van der Waals surface area contributed by atoms with Crippen molar-refractivity contribution in [3.8, 4) is 0 Å². The Hall–Kier alpha value is -1.39. The normalized spacial score (nSPS) is 11.8. The van der Waals surface area contributed by atoms with Crippen LogP contribution in [-0.2, 0) is 14.7 Å². The molecule has 0 bridgehead atoms. The molecule has 0 aliphatic rings. The van der Waals surface area contributed by atoms with Crippen LogP contribution in [0.25, 0.3) is 10.8 Å². The first-order chi connectivity index (χ1) is 6.57. The van der Waals surface area contributed by atoms with Gasteiger partial charge in [0.25, 0.3) is 0 Å². The van der Waals surface area contributed by atoms with Crippen LogP contribution in [0.3, 0.4) is 0 Å². The van der Waals surface area contributed by atoms with Gasteiger partial charge in [0.15, 0.2) is 0 Å². The van der Waals surface area contributed by atoms with Gasteiger partial charge in [0.05, 0.1) is 4.90 Å². The lowest BCUT2D eigenvalue weighted by atomic mass is 10.1. The predicted octanol–water partition coefficient (Wildman–Crippen LogP) is 1.96. The average Bonchev–Trinajstić information content (AvgIpc) is 2.16. The van der Waals surface area contributed by atoms with E-state index in [1.807, 2.05) is 12.1 Å². The van der Waals surface area contributed by atoms with Crippen molar-refractivity contribution in [2.45, 2.75) is 4.90 Å². The molecule has 14 heavy (non-hydrogen) atoms. The van der Waals surface area contributed by atoms with Crippen LogP contribution in [-0.4, -0.2) is 8.42 Å². The van der Waals surface area contributed by atoms with Crippen molar-refractivity contribution in [2.24, 2.45) is 0 Å². The van der Waals surface area contributed by atoms with Crippen LogP contribution >= 0.6 is 0 Å². The fourth-order valence-corrected chi connectivity index (χ4v) is 1.83. The van der Waals surface area contributed by atoms with E-state index >= 15 is 0 Å². The van der Waals surface area contributed by atoms with Gasteiger partial charge in [-0.15, -0.1) is 0 Å². The Morgan fingerprint density at radius 1 is 0.857 bits per heavy atom. The van der Waals surface area contributed by atoms with E-state index in [-0.39, 0.29) is 4.90 Å². The summed E-state index contributed by atoms with van der Waals surface area (Å²) in [6.07, 6.45) is 0. The van der Waals surface area contributed by atoms with Gasteiger partial charge in [0.2, 0.25) is 0 Å². The molecule has 0 atom stereocenters. The highest BCUT2D eigenvalue weighted by atomic mass is 32.2. The van der Waals surface area contributed by atoms with Gasteiger partial charge in [-0.2, -0.15) is 8.42 Å². The van der Waals surface area contributed by atoms with Crippen molar-refractivity contribution in [3.63, 3.8) is 0 Å². The zero-order chi connectivity index (χ0) is 10.2. The summed E-state index contributed by atoms with van der Waals surface area (Å²) in [6, 6.07) is 11.6. The summed E-state index contributed by atoms with van der Waals surface area (Å²) in [6.45, 7) is 0. The summed E-state index contributed by atoms with van der Waals surface area (Å²) in [4.78, 5) is -0.184. The Balaban J connectivity index is 2.75. The van der Waals surface area contributed by atoms with Crippen LogP contribution in [0.4, 0.5) is 0 Å². The molecule has 0 saturated heterocycles. The summed E-state index contributed by atoms with van der Waals surface area (Å²) >= 11 is 0. The van der Waals surface area contributed by atoms with E-state index in [0.29, 0.717) is 0 Å². The summed E-state index contributed by atoms with van der Waals surface area (Å²) < 4.78 is 32.2. The molecule has 0 aliphatic heterocycles. The maximum absolute atomic E-state index is 10.7.